The summed E-state index contributed by atoms with van der Waals surface area (Å²) >= 11 is 1.78. The molecule has 1 aliphatic carbocycles. The number of primary amides is 1. The number of rotatable bonds is 7. The van der Waals surface area contributed by atoms with Crippen LogP contribution in [-0.2, 0) is 4.79 Å². The second kappa shape index (κ2) is 7.36. The van der Waals surface area contributed by atoms with E-state index < -0.39 is 5.54 Å². The summed E-state index contributed by atoms with van der Waals surface area (Å²) in [6.07, 6.45) is 4.76. The molecule has 0 bridgehead atoms. The number of amides is 1. The average Bonchev–Trinajstić information content (AvgIpc) is 2.36. The first kappa shape index (κ1) is 15.8. The molecule has 0 spiro atoms. The number of carbonyl (C=O) groups is 1. The molecule has 1 aliphatic rings. The zero-order chi connectivity index (χ0) is 13.6. The fourth-order valence-electron chi connectivity index (χ4n) is 2.55. The maximum absolute atomic E-state index is 11.8. The molecule has 0 aromatic rings. The van der Waals surface area contributed by atoms with Gasteiger partial charge in [0.25, 0.3) is 0 Å². The highest BCUT2D eigenvalue weighted by Gasteiger charge is 2.41. The summed E-state index contributed by atoms with van der Waals surface area (Å²) in [5, 5.41) is 13.1. The van der Waals surface area contributed by atoms with E-state index in [1.807, 2.05) is 6.92 Å². The molecule has 0 aliphatic heterocycles. The Morgan fingerprint density at radius 2 is 2.39 bits per heavy atom. The number of carbonyl (C=O) groups excluding carboxylic acids is 1. The van der Waals surface area contributed by atoms with Crippen LogP contribution < -0.4 is 11.1 Å². The van der Waals surface area contributed by atoms with E-state index in [4.69, 9.17) is 10.8 Å². The molecule has 106 valence electrons. The van der Waals surface area contributed by atoms with Gasteiger partial charge >= 0.3 is 0 Å². The Bertz CT molecular complexity index is 276. The van der Waals surface area contributed by atoms with Gasteiger partial charge in [-0.3, -0.25) is 4.79 Å². The predicted octanol–water partition coefficient (Wildman–Crippen LogP) is 1.27. The first-order valence-electron chi connectivity index (χ1n) is 6.85. The first-order valence-corrected chi connectivity index (χ1v) is 7.79. The van der Waals surface area contributed by atoms with Gasteiger partial charge in [0.1, 0.15) is 0 Å². The van der Waals surface area contributed by atoms with Gasteiger partial charge in [-0.25, -0.2) is 0 Å². The number of thioether (sulfide) groups is 1. The molecule has 1 rings (SSSR count). The molecule has 4 nitrogen and oxygen atoms in total. The molecule has 1 saturated carbocycles. The van der Waals surface area contributed by atoms with Crippen molar-refractivity contribution in [3.8, 4) is 0 Å². The lowest BCUT2D eigenvalue weighted by atomic mass is 9.80. The lowest BCUT2D eigenvalue weighted by Gasteiger charge is -2.39. The van der Waals surface area contributed by atoms with Gasteiger partial charge in [0.2, 0.25) is 5.91 Å². The van der Waals surface area contributed by atoms with Crippen LogP contribution in [-0.4, -0.2) is 40.2 Å². The minimum absolute atomic E-state index is 0.188. The van der Waals surface area contributed by atoms with E-state index in [0.717, 1.165) is 38.6 Å². The summed E-state index contributed by atoms with van der Waals surface area (Å²) in [4.78, 5) is 11.8. The van der Waals surface area contributed by atoms with Crippen molar-refractivity contribution in [3.63, 3.8) is 0 Å². The third-order valence-electron chi connectivity index (χ3n) is 3.57. The fraction of sp³-hybridized carbons (Fsp3) is 0.923. The van der Waals surface area contributed by atoms with E-state index in [9.17, 15) is 4.79 Å². The van der Waals surface area contributed by atoms with Gasteiger partial charge in [-0.15, -0.1) is 0 Å². The standard InChI is InChI=1S/C13H26N2O2S/c1-3-7-15-13(12(14)17)6-4-5-11(8-13)18-10(2)9-16/h10-11,15-16H,3-9H2,1-2H3,(H2,14,17). The van der Waals surface area contributed by atoms with E-state index in [-0.39, 0.29) is 17.8 Å². The van der Waals surface area contributed by atoms with Crippen LogP contribution in [0.5, 0.6) is 0 Å². The molecule has 0 radical (unpaired) electrons. The van der Waals surface area contributed by atoms with Gasteiger partial charge < -0.3 is 16.2 Å². The van der Waals surface area contributed by atoms with Crippen molar-refractivity contribution in [2.45, 2.75) is 62.0 Å². The van der Waals surface area contributed by atoms with E-state index in [1.54, 1.807) is 11.8 Å². The molecular weight excluding hydrogens is 248 g/mol. The monoisotopic (exact) mass is 274 g/mol. The molecule has 5 heteroatoms. The van der Waals surface area contributed by atoms with Gasteiger partial charge in [0.05, 0.1) is 12.1 Å². The van der Waals surface area contributed by atoms with E-state index in [0.29, 0.717) is 5.25 Å². The van der Waals surface area contributed by atoms with Crippen LogP contribution in [0.4, 0.5) is 0 Å². The van der Waals surface area contributed by atoms with E-state index in [1.165, 1.54) is 0 Å². The molecule has 0 aromatic heterocycles. The second-order valence-electron chi connectivity index (χ2n) is 5.22. The Balaban J connectivity index is 2.64. The summed E-state index contributed by atoms with van der Waals surface area (Å²) in [6.45, 7) is 5.12. The molecule has 0 heterocycles. The van der Waals surface area contributed by atoms with Crippen molar-refractivity contribution in [2.75, 3.05) is 13.2 Å². The molecule has 3 atom stereocenters. The summed E-state index contributed by atoms with van der Waals surface area (Å²) in [7, 11) is 0. The molecule has 4 N–H and O–H groups in total. The quantitative estimate of drug-likeness (QED) is 0.653. The molecule has 1 fully saturated rings. The number of aliphatic hydroxyl groups excluding tert-OH is 1. The normalized spacial score (nSPS) is 30.1. The summed E-state index contributed by atoms with van der Waals surface area (Å²) in [5.41, 5.74) is 5.08. The maximum Gasteiger partial charge on any atom is 0.237 e. The Morgan fingerprint density at radius 3 is 2.94 bits per heavy atom. The van der Waals surface area contributed by atoms with Crippen molar-refractivity contribution in [3.05, 3.63) is 0 Å². The van der Waals surface area contributed by atoms with Gasteiger partial charge in [-0.2, -0.15) is 11.8 Å². The minimum Gasteiger partial charge on any atom is -0.395 e. The summed E-state index contributed by atoms with van der Waals surface area (Å²) in [5.74, 6) is -0.224. The highest BCUT2D eigenvalue weighted by Crippen LogP contribution is 2.36. The largest absolute Gasteiger partial charge is 0.395 e. The molecule has 3 unspecified atom stereocenters. The van der Waals surface area contributed by atoms with Gasteiger partial charge in [0.15, 0.2) is 0 Å². The SMILES string of the molecule is CCCNC1(C(N)=O)CCCC(SC(C)CO)C1. The van der Waals surface area contributed by atoms with Crippen LogP contribution in [0, 0.1) is 0 Å². The topological polar surface area (TPSA) is 75.3 Å². The zero-order valence-corrected chi connectivity index (χ0v) is 12.3. The van der Waals surface area contributed by atoms with Crippen molar-refractivity contribution >= 4 is 17.7 Å². The van der Waals surface area contributed by atoms with Gasteiger partial charge in [-0.1, -0.05) is 13.8 Å². The molecular formula is C13H26N2O2S. The summed E-state index contributed by atoms with van der Waals surface area (Å²) in [6, 6.07) is 0. The lowest BCUT2D eigenvalue weighted by Crippen LogP contribution is -2.58. The van der Waals surface area contributed by atoms with Crippen LogP contribution in [0.15, 0.2) is 0 Å². The number of nitrogens with two attached hydrogens (primary N) is 1. The second-order valence-corrected chi connectivity index (χ2v) is 6.96. The molecule has 0 saturated heterocycles. The smallest absolute Gasteiger partial charge is 0.237 e. The third kappa shape index (κ3) is 4.14. The van der Waals surface area contributed by atoms with Crippen LogP contribution >= 0.6 is 11.8 Å². The van der Waals surface area contributed by atoms with Crippen molar-refractivity contribution in [2.24, 2.45) is 5.73 Å². The van der Waals surface area contributed by atoms with Crippen molar-refractivity contribution in [1.82, 2.24) is 5.32 Å². The molecule has 1 amide bonds. The van der Waals surface area contributed by atoms with Crippen LogP contribution in [0.2, 0.25) is 0 Å². The van der Waals surface area contributed by atoms with E-state index >= 15 is 0 Å². The summed E-state index contributed by atoms with van der Waals surface area (Å²) < 4.78 is 0. The van der Waals surface area contributed by atoms with Gasteiger partial charge in [-0.05, 0) is 38.6 Å². The highest BCUT2D eigenvalue weighted by atomic mass is 32.2. The van der Waals surface area contributed by atoms with Crippen molar-refractivity contribution in [1.29, 1.82) is 0 Å². The van der Waals surface area contributed by atoms with Crippen LogP contribution in [0.1, 0.15) is 46.0 Å². The average molecular weight is 274 g/mol. The van der Waals surface area contributed by atoms with Crippen LogP contribution in [0.3, 0.4) is 0 Å². The van der Waals surface area contributed by atoms with E-state index in [2.05, 4.69) is 12.2 Å². The fourth-order valence-corrected chi connectivity index (χ4v) is 3.97. The Labute approximate surface area is 114 Å². The number of nitrogens with one attached hydrogen (secondary N) is 1. The maximum atomic E-state index is 11.8. The molecule has 18 heavy (non-hydrogen) atoms. The number of aliphatic hydroxyl groups is 1. The van der Waals surface area contributed by atoms with Gasteiger partial charge in [0, 0.05) is 10.5 Å². The highest BCUT2D eigenvalue weighted by molar-refractivity contribution is 8.00. The Morgan fingerprint density at radius 1 is 1.67 bits per heavy atom. The minimum atomic E-state index is -0.527. The molecule has 0 aromatic carbocycles. The Kier molecular flexibility index (Phi) is 6.46. The van der Waals surface area contributed by atoms with Crippen LogP contribution in [0.25, 0.3) is 0 Å². The first-order chi connectivity index (χ1) is 8.54. The predicted molar refractivity (Wildman–Crippen MR) is 76.6 cm³/mol. The third-order valence-corrected chi connectivity index (χ3v) is 4.97. The number of hydrogen-bond acceptors (Lipinski definition) is 4. The van der Waals surface area contributed by atoms with Crippen molar-refractivity contribution < 1.29 is 9.90 Å². The zero-order valence-electron chi connectivity index (χ0n) is 11.4. The number of hydrogen-bond donors (Lipinski definition) is 3. The lowest BCUT2D eigenvalue weighted by molar-refractivity contribution is -0.125. The Hall–Kier alpha value is -0.260.